The average molecular weight is 793 g/mol. The van der Waals surface area contributed by atoms with E-state index in [4.69, 9.17) is 14.2 Å². The molecule has 328 valence electrons. The Morgan fingerprint density at radius 2 is 0.911 bits per heavy atom. The summed E-state index contributed by atoms with van der Waals surface area (Å²) in [5.74, 6) is -1.48. The van der Waals surface area contributed by atoms with Crippen molar-refractivity contribution in [3.63, 3.8) is 0 Å². The lowest BCUT2D eigenvalue weighted by atomic mass is 10.1. The van der Waals surface area contributed by atoms with E-state index in [0.717, 1.165) is 51.4 Å². The van der Waals surface area contributed by atoms with E-state index in [2.05, 4.69) is 38.2 Å². The monoisotopic (exact) mass is 793 g/mol. The molecule has 0 saturated carbocycles. The fourth-order valence-electron chi connectivity index (χ4n) is 6.89. The van der Waals surface area contributed by atoms with Crippen LogP contribution in [0.15, 0.2) is 24.3 Å². The highest BCUT2D eigenvalue weighted by Gasteiger charge is 2.31. The molecule has 0 aliphatic rings. The molecule has 0 aliphatic carbocycles. The van der Waals surface area contributed by atoms with Gasteiger partial charge >= 0.3 is 17.9 Å². The van der Waals surface area contributed by atoms with Gasteiger partial charge in [-0.2, -0.15) is 0 Å². The van der Waals surface area contributed by atoms with Crippen molar-refractivity contribution in [1.82, 2.24) is 0 Å². The van der Waals surface area contributed by atoms with E-state index < -0.39 is 18.1 Å². The largest absolute Gasteiger partial charge is 0.477 e. The molecule has 0 fully saturated rings. The minimum Gasteiger partial charge on any atom is -0.477 e. The van der Waals surface area contributed by atoms with Crippen molar-refractivity contribution in [2.45, 2.75) is 225 Å². The zero-order valence-corrected chi connectivity index (χ0v) is 37.3. The van der Waals surface area contributed by atoms with Crippen molar-refractivity contribution >= 4 is 17.9 Å². The maximum absolute atomic E-state index is 12.7. The molecule has 0 bridgehead atoms. The zero-order valence-electron chi connectivity index (χ0n) is 37.3. The van der Waals surface area contributed by atoms with Crippen LogP contribution in [0.5, 0.6) is 0 Å². The van der Waals surface area contributed by atoms with Crippen molar-refractivity contribution in [3.05, 3.63) is 24.3 Å². The number of hydrogen-bond acceptors (Lipinski definition) is 6. The van der Waals surface area contributed by atoms with Crippen LogP contribution < -0.4 is 0 Å². The molecule has 0 aromatic heterocycles. The molecule has 0 amide bonds. The Morgan fingerprint density at radius 1 is 0.518 bits per heavy atom. The third-order valence-electron chi connectivity index (χ3n) is 10.6. The molecule has 1 N–H and O–H groups in total. The number of aliphatic carboxylic acids is 1. The molecule has 0 aromatic rings. The van der Waals surface area contributed by atoms with Crippen molar-refractivity contribution < 1.29 is 38.2 Å². The number of hydrogen-bond donors (Lipinski definition) is 1. The fraction of sp³-hybridized carbons (Fsp3) is 0.854. The van der Waals surface area contributed by atoms with Gasteiger partial charge in [-0.05, 0) is 57.8 Å². The highest BCUT2D eigenvalue weighted by atomic mass is 16.6. The average Bonchev–Trinajstić information content (AvgIpc) is 3.15. The highest BCUT2D eigenvalue weighted by Crippen LogP contribution is 2.15. The lowest BCUT2D eigenvalue weighted by Crippen LogP contribution is -2.50. The van der Waals surface area contributed by atoms with Crippen molar-refractivity contribution in [2.24, 2.45) is 0 Å². The van der Waals surface area contributed by atoms with Crippen molar-refractivity contribution in [2.75, 3.05) is 41.0 Å². The summed E-state index contributed by atoms with van der Waals surface area (Å²) >= 11 is 0. The van der Waals surface area contributed by atoms with Crippen LogP contribution in [-0.2, 0) is 28.6 Å². The molecule has 2 atom stereocenters. The normalized spacial score (nSPS) is 13.1. The molecule has 0 saturated heterocycles. The van der Waals surface area contributed by atoms with Gasteiger partial charge in [0.25, 0.3) is 0 Å². The molecule has 56 heavy (non-hydrogen) atoms. The van der Waals surface area contributed by atoms with Gasteiger partial charge in [-0.3, -0.25) is 9.59 Å². The first kappa shape index (κ1) is 53.8. The molecule has 8 nitrogen and oxygen atoms in total. The summed E-state index contributed by atoms with van der Waals surface area (Å²) < 4.78 is 17.3. The number of unbranched alkanes of at least 4 members (excludes halogenated alkanes) is 24. The first-order chi connectivity index (χ1) is 27.1. The molecule has 0 spiro atoms. The van der Waals surface area contributed by atoms with Gasteiger partial charge in [0.15, 0.2) is 12.1 Å². The Morgan fingerprint density at radius 3 is 1.34 bits per heavy atom. The minimum absolute atomic E-state index is 0.0544. The summed E-state index contributed by atoms with van der Waals surface area (Å²) in [6, 6.07) is -0.614. The van der Waals surface area contributed by atoms with Crippen LogP contribution in [-0.4, -0.2) is 80.6 Å². The molecule has 2 unspecified atom stereocenters. The second kappa shape index (κ2) is 39.6. The Labute approximate surface area is 345 Å². The van der Waals surface area contributed by atoms with E-state index in [1.165, 1.54) is 128 Å². The molecule has 0 rings (SSSR count). The summed E-state index contributed by atoms with van der Waals surface area (Å²) in [5, 5.41) is 9.62. The number of esters is 2. The van der Waals surface area contributed by atoms with Gasteiger partial charge in [0.1, 0.15) is 6.61 Å². The molecule has 0 heterocycles. The van der Waals surface area contributed by atoms with Crippen LogP contribution in [0.4, 0.5) is 0 Å². The quantitative estimate of drug-likeness (QED) is 0.0284. The van der Waals surface area contributed by atoms with Crippen LogP contribution >= 0.6 is 0 Å². The van der Waals surface area contributed by atoms with E-state index in [1.54, 1.807) is 0 Å². The third kappa shape index (κ3) is 37.4. The number of likely N-dealkylation sites (N-methyl/N-ethyl adjacent to an activating group) is 1. The van der Waals surface area contributed by atoms with Gasteiger partial charge in [-0.25, -0.2) is 4.79 Å². The maximum Gasteiger partial charge on any atom is 0.362 e. The minimum atomic E-state index is -0.876. The van der Waals surface area contributed by atoms with E-state index in [0.29, 0.717) is 19.3 Å². The van der Waals surface area contributed by atoms with Crippen LogP contribution in [0.2, 0.25) is 0 Å². The molecular formula is C48H90NO7+. The summed E-state index contributed by atoms with van der Waals surface area (Å²) in [5.41, 5.74) is 0. The second-order valence-electron chi connectivity index (χ2n) is 17.0. The Balaban J connectivity index is 4.24. The molecule has 0 aliphatic heterocycles. The van der Waals surface area contributed by atoms with E-state index in [1.807, 2.05) is 21.1 Å². The summed E-state index contributed by atoms with van der Waals surface area (Å²) in [4.78, 5) is 37.0. The van der Waals surface area contributed by atoms with Gasteiger partial charge in [-0.1, -0.05) is 160 Å². The number of rotatable bonds is 42. The Kier molecular flexibility index (Phi) is 38.1. The number of allylic oxidation sites excluding steroid dienone is 4. The maximum atomic E-state index is 12.7. The SMILES string of the molecule is CCCC/C=C/CCCCCCCC(=O)OCC(COCCC(C(=O)O)[N+](C)(C)C)OC(=O)CCCCCCCCC/C=C/CCCCCCCCCCCC. The van der Waals surface area contributed by atoms with E-state index >= 15 is 0 Å². The number of ether oxygens (including phenoxy) is 3. The standard InChI is InChI=1S/C48H89NO7/c1-6-8-10-12-14-16-18-19-20-21-22-23-24-25-26-27-29-31-33-35-37-39-47(51)56-44(42-54-41-40-45(48(52)53)49(3,4)5)43-55-46(50)38-36-34-32-30-28-17-15-13-11-9-7-2/h13,15,23-24,44-45H,6-12,14,16-22,25-43H2,1-5H3/p+1/b15-13+,24-23+. The fourth-order valence-corrected chi connectivity index (χ4v) is 6.89. The summed E-state index contributed by atoms with van der Waals surface area (Å²) in [6.07, 6.45) is 43.7. The van der Waals surface area contributed by atoms with Gasteiger partial charge < -0.3 is 23.8 Å². The van der Waals surface area contributed by atoms with E-state index in [9.17, 15) is 19.5 Å². The molecule has 0 radical (unpaired) electrons. The lowest BCUT2D eigenvalue weighted by molar-refractivity contribution is -0.887. The number of nitrogens with zero attached hydrogens (tertiary/aromatic N) is 1. The molecule has 0 aromatic carbocycles. The summed E-state index contributed by atoms with van der Waals surface area (Å²) in [7, 11) is 5.53. The van der Waals surface area contributed by atoms with Crippen molar-refractivity contribution in [3.8, 4) is 0 Å². The predicted octanol–water partition coefficient (Wildman–Crippen LogP) is 12.9. The Hall–Kier alpha value is -2.19. The highest BCUT2D eigenvalue weighted by molar-refractivity contribution is 5.72. The lowest BCUT2D eigenvalue weighted by Gasteiger charge is -2.31. The molecule has 8 heteroatoms. The van der Waals surface area contributed by atoms with Crippen LogP contribution in [0.3, 0.4) is 0 Å². The van der Waals surface area contributed by atoms with Gasteiger partial charge in [-0.15, -0.1) is 0 Å². The summed E-state index contributed by atoms with van der Waals surface area (Å²) in [6.45, 7) is 4.70. The predicted molar refractivity (Wildman–Crippen MR) is 234 cm³/mol. The van der Waals surface area contributed by atoms with Gasteiger partial charge in [0.05, 0.1) is 34.4 Å². The molecular weight excluding hydrogens is 703 g/mol. The van der Waals surface area contributed by atoms with Crippen molar-refractivity contribution in [1.29, 1.82) is 0 Å². The van der Waals surface area contributed by atoms with Crippen LogP contribution in [0.25, 0.3) is 0 Å². The van der Waals surface area contributed by atoms with Crippen LogP contribution in [0, 0.1) is 0 Å². The zero-order chi connectivity index (χ0) is 41.4. The van der Waals surface area contributed by atoms with Gasteiger partial charge in [0.2, 0.25) is 0 Å². The smallest absolute Gasteiger partial charge is 0.362 e. The van der Waals surface area contributed by atoms with Gasteiger partial charge in [0, 0.05) is 19.3 Å². The van der Waals surface area contributed by atoms with Crippen LogP contribution in [0.1, 0.15) is 213 Å². The van der Waals surface area contributed by atoms with E-state index in [-0.39, 0.29) is 36.2 Å². The second-order valence-corrected chi connectivity index (χ2v) is 17.0. The number of carbonyl (C=O) groups excluding carboxylic acids is 2. The number of carboxylic acids is 1. The Bertz CT molecular complexity index is 973. The number of carboxylic acid groups (broad SMARTS) is 1. The first-order valence-electron chi connectivity index (χ1n) is 23.4. The first-order valence-corrected chi connectivity index (χ1v) is 23.4. The topological polar surface area (TPSA) is 99.1 Å². The third-order valence-corrected chi connectivity index (χ3v) is 10.6. The number of quaternary nitrogens is 1. The number of carbonyl (C=O) groups is 3.